The highest BCUT2D eigenvalue weighted by Gasteiger charge is 2.40. The maximum Gasteiger partial charge on any atom is 0.260 e. The topological polar surface area (TPSA) is 63.7 Å². The number of para-hydroxylation sites is 1. The Labute approximate surface area is 139 Å². The Kier molecular flexibility index (Phi) is 4.53. The number of likely N-dealkylation sites (tertiary alicyclic amines) is 1. The van der Waals surface area contributed by atoms with Gasteiger partial charge >= 0.3 is 0 Å². The normalized spacial score (nSPS) is 15.0. The number of hydrogen-bond donors (Lipinski definition) is 0. The summed E-state index contributed by atoms with van der Waals surface area (Å²) in [4.78, 5) is 13.5. The summed E-state index contributed by atoms with van der Waals surface area (Å²) in [5, 5.41) is -0.663. The van der Waals surface area contributed by atoms with Crippen molar-refractivity contribution in [1.82, 2.24) is 4.90 Å². The number of amides is 1. The predicted molar refractivity (Wildman–Crippen MR) is 85.9 cm³/mol. The van der Waals surface area contributed by atoms with Crippen LogP contribution in [-0.2, 0) is 14.6 Å². The molecule has 0 radical (unpaired) electrons. The highest BCUT2D eigenvalue weighted by Crippen LogP contribution is 2.24. The van der Waals surface area contributed by atoms with Gasteiger partial charge in [-0.15, -0.1) is 0 Å². The van der Waals surface area contributed by atoms with Gasteiger partial charge < -0.3 is 9.64 Å². The molecular weight excluding hydrogens is 333 g/mol. The van der Waals surface area contributed by atoms with Crippen molar-refractivity contribution < 1.29 is 22.3 Å². The highest BCUT2D eigenvalue weighted by molar-refractivity contribution is 7.92. The van der Waals surface area contributed by atoms with Gasteiger partial charge in [0.2, 0.25) is 0 Å². The van der Waals surface area contributed by atoms with Crippen molar-refractivity contribution in [2.45, 2.75) is 10.1 Å². The average Bonchev–Trinajstić information content (AvgIpc) is 2.52. The van der Waals surface area contributed by atoms with Crippen LogP contribution in [0.4, 0.5) is 4.39 Å². The Bertz CT molecular complexity index is 815. The van der Waals surface area contributed by atoms with Crippen molar-refractivity contribution in [3.63, 3.8) is 0 Å². The Hall–Kier alpha value is -2.41. The summed E-state index contributed by atoms with van der Waals surface area (Å²) in [6.07, 6.45) is 0. The Balaban J connectivity index is 1.54. The fourth-order valence-electron chi connectivity index (χ4n) is 2.41. The molecule has 0 aliphatic carbocycles. The third-order valence-electron chi connectivity index (χ3n) is 3.89. The number of benzene rings is 2. The van der Waals surface area contributed by atoms with E-state index in [-0.39, 0.29) is 30.5 Å². The van der Waals surface area contributed by atoms with Crippen LogP contribution in [0, 0.1) is 5.82 Å². The molecule has 1 amide bonds. The molecule has 3 rings (SSSR count). The summed E-state index contributed by atoms with van der Waals surface area (Å²) < 4.78 is 43.0. The third-order valence-corrected chi connectivity index (χ3v) is 5.99. The van der Waals surface area contributed by atoms with Crippen molar-refractivity contribution in [2.24, 2.45) is 0 Å². The van der Waals surface area contributed by atoms with Crippen molar-refractivity contribution in [3.8, 4) is 5.75 Å². The molecule has 2 aromatic rings. The minimum absolute atomic E-state index is 0.0709. The van der Waals surface area contributed by atoms with Crippen molar-refractivity contribution in [3.05, 3.63) is 60.4 Å². The van der Waals surface area contributed by atoms with Gasteiger partial charge in [0.1, 0.15) is 16.8 Å². The van der Waals surface area contributed by atoms with Crippen LogP contribution < -0.4 is 4.74 Å². The molecule has 0 aromatic heterocycles. The molecule has 0 bridgehead atoms. The summed E-state index contributed by atoms with van der Waals surface area (Å²) >= 11 is 0. The number of nitrogens with zero attached hydrogens (tertiary/aromatic N) is 1. The minimum atomic E-state index is -3.55. The lowest BCUT2D eigenvalue weighted by Crippen LogP contribution is -2.57. The zero-order valence-electron chi connectivity index (χ0n) is 12.8. The van der Waals surface area contributed by atoms with Crippen molar-refractivity contribution in [2.75, 3.05) is 19.7 Å². The van der Waals surface area contributed by atoms with E-state index in [2.05, 4.69) is 0 Å². The number of carbonyl (C=O) groups excluding carboxylic acids is 1. The average molecular weight is 349 g/mol. The standard InChI is InChI=1S/C17H16FNO4S/c18-13-6-8-15(9-7-13)24(21,22)16-10-19(11-16)17(20)12-23-14-4-2-1-3-5-14/h1-9,16H,10-12H2. The van der Waals surface area contributed by atoms with E-state index in [0.717, 1.165) is 12.1 Å². The zero-order chi connectivity index (χ0) is 17.2. The smallest absolute Gasteiger partial charge is 0.260 e. The Morgan fingerprint density at radius 2 is 1.71 bits per heavy atom. The van der Waals surface area contributed by atoms with Crippen LogP contribution in [0.15, 0.2) is 59.5 Å². The molecule has 1 saturated heterocycles. The van der Waals surface area contributed by atoms with E-state index >= 15 is 0 Å². The first-order valence-electron chi connectivity index (χ1n) is 7.42. The van der Waals surface area contributed by atoms with E-state index in [0.29, 0.717) is 5.75 Å². The Morgan fingerprint density at radius 3 is 2.33 bits per heavy atom. The molecule has 24 heavy (non-hydrogen) atoms. The molecule has 5 nitrogen and oxygen atoms in total. The van der Waals surface area contributed by atoms with Crippen molar-refractivity contribution in [1.29, 1.82) is 0 Å². The summed E-state index contributed by atoms with van der Waals surface area (Å²) in [6.45, 7) is 0.112. The van der Waals surface area contributed by atoms with E-state index < -0.39 is 20.9 Å². The summed E-state index contributed by atoms with van der Waals surface area (Å²) in [5.41, 5.74) is 0. The second kappa shape index (κ2) is 6.60. The van der Waals surface area contributed by atoms with Gasteiger partial charge in [0.05, 0.1) is 4.90 Å². The molecule has 0 spiro atoms. The van der Waals surface area contributed by atoms with Gasteiger partial charge in [-0.25, -0.2) is 12.8 Å². The van der Waals surface area contributed by atoms with Gasteiger partial charge in [0.15, 0.2) is 16.4 Å². The van der Waals surface area contributed by atoms with Gasteiger partial charge in [-0.2, -0.15) is 0 Å². The first-order valence-corrected chi connectivity index (χ1v) is 8.96. The van der Waals surface area contributed by atoms with Crippen molar-refractivity contribution >= 4 is 15.7 Å². The van der Waals surface area contributed by atoms with Gasteiger partial charge in [0, 0.05) is 13.1 Å². The SMILES string of the molecule is O=C(COc1ccccc1)N1CC(S(=O)(=O)c2ccc(F)cc2)C1. The lowest BCUT2D eigenvalue weighted by Gasteiger charge is -2.38. The molecule has 0 N–H and O–H groups in total. The lowest BCUT2D eigenvalue weighted by molar-refractivity contribution is -0.136. The van der Waals surface area contributed by atoms with Crippen LogP contribution in [0.3, 0.4) is 0 Å². The molecule has 1 fully saturated rings. The summed E-state index contributed by atoms with van der Waals surface area (Å²) in [7, 11) is -3.55. The molecule has 1 heterocycles. The van der Waals surface area contributed by atoms with Gasteiger partial charge in [-0.05, 0) is 36.4 Å². The van der Waals surface area contributed by atoms with Gasteiger partial charge in [-0.1, -0.05) is 18.2 Å². The van der Waals surface area contributed by atoms with Crippen LogP contribution in [0.25, 0.3) is 0 Å². The molecule has 0 unspecified atom stereocenters. The maximum absolute atomic E-state index is 12.9. The molecule has 0 saturated carbocycles. The van der Waals surface area contributed by atoms with Crippen LogP contribution in [0.2, 0.25) is 0 Å². The second-order valence-corrected chi connectivity index (χ2v) is 7.75. The number of carbonyl (C=O) groups is 1. The van der Waals surface area contributed by atoms with E-state index in [4.69, 9.17) is 4.74 Å². The number of ether oxygens (including phenoxy) is 1. The second-order valence-electron chi connectivity index (χ2n) is 5.52. The van der Waals surface area contributed by atoms with Crippen LogP contribution in [-0.4, -0.2) is 44.2 Å². The van der Waals surface area contributed by atoms with Gasteiger partial charge in [0.25, 0.3) is 5.91 Å². The molecule has 7 heteroatoms. The monoisotopic (exact) mass is 349 g/mol. The van der Waals surface area contributed by atoms with E-state index in [1.54, 1.807) is 24.3 Å². The first-order chi connectivity index (χ1) is 11.5. The third kappa shape index (κ3) is 3.41. The van der Waals surface area contributed by atoms with E-state index in [9.17, 15) is 17.6 Å². The van der Waals surface area contributed by atoms with Crippen LogP contribution in [0.1, 0.15) is 0 Å². The van der Waals surface area contributed by atoms with Crippen LogP contribution in [0.5, 0.6) is 5.75 Å². The largest absolute Gasteiger partial charge is 0.484 e. The lowest BCUT2D eigenvalue weighted by atomic mass is 10.2. The molecular formula is C17H16FNO4S. The predicted octanol–water partition coefficient (Wildman–Crippen LogP) is 1.89. The highest BCUT2D eigenvalue weighted by atomic mass is 32.2. The summed E-state index contributed by atoms with van der Waals surface area (Å²) in [5.74, 6) is -0.163. The fraction of sp³-hybridized carbons (Fsp3) is 0.235. The van der Waals surface area contributed by atoms with E-state index in [1.165, 1.54) is 17.0 Å². The molecule has 0 atom stereocenters. The number of sulfone groups is 1. The molecule has 1 aliphatic heterocycles. The van der Waals surface area contributed by atoms with Crippen LogP contribution >= 0.6 is 0 Å². The van der Waals surface area contributed by atoms with Gasteiger partial charge in [-0.3, -0.25) is 4.79 Å². The number of rotatable bonds is 5. The number of halogens is 1. The fourth-order valence-corrected chi connectivity index (χ4v) is 4.06. The molecule has 2 aromatic carbocycles. The number of hydrogen-bond acceptors (Lipinski definition) is 4. The molecule has 1 aliphatic rings. The van der Waals surface area contributed by atoms with E-state index in [1.807, 2.05) is 6.07 Å². The zero-order valence-corrected chi connectivity index (χ0v) is 13.6. The Morgan fingerprint density at radius 1 is 1.08 bits per heavy atom. The minimum Gasteiger partial charge on any atom is -0.484 e. The summed E-state index contributed by atoms with van der Waals surface area (Å²) in [6, 6.07) is 13.6. The maximum atomic E-state index is 12.9. The molecule has 126 valence electrons. The first kappa shape index (κ1) is 16.4. The quantitative estimate of drug-likeness (QED) is 0.774.